The Morgan fingerprint density at radius 1 is 1.07 bits per heavy atom. The van der Waals surface area contributed by atoms with Gasteiger partial charge in [0.05, 0.1) is 22.6 Å². The standard InChI is InChI=1S/C22H21N3O2S/c1-14-19(16(3)27-24-14)13-28-22-23-20-12-8-7-11-18(20)21(26)25(22)15(2)17-9-5-4-6-10-17/h4-12,15H,13H2,1-3H3/t15-/m0/s1. The zero-order valence-electron chi connectivity index (χ0n) is 16.0. The lowest BCUT2D eigenvalue weighted by molar-refractivity contribution is 0.392. The van der Waals surface area contributed by atoms with Crippen LogP contribution in [0.1, 0.15) is 35.5 Å². The molecule has 0 saturated carbocycles. The summed E-state index contributed by atoms with van der Waals surface area (Å²) >= 11 is 1.54. The maximum absolute atomic E-state index is 13.3. The number of rotatable bonds is 5. The summed E-state index contributed by atoms with van der Waals surface area (Å²) in [5.41, 5.74) is 3.68. The highest BCUT2D eigenvalue weighted by Gasteiger charge is 2.19. The molecule has 142 valence electrons. The molecule has 6 heteroatoms. The van der Waals surface area contributed by atoms with E-state index < -0.39 is 0 Å². The van der Waals surface area contributed by atoms with Gasteiger partial charge in [0, 0.05) is 11.3 Å². The van der Waals surface area contributed by atoms with Gasteiger partial charge in [-0.15, -0.1) is 0 Å². The molecule has 0 unspecified atom stereocenters. The summed E-state index contributed by atoms with van der Waals surface area (Å²) in [6.45, 7) is 5.87. The van der Waals surface area contributed by atoms with E-state index in [2.05, 4.69) is 5.16 Å². The van der Waals surface area contributed by atoms with Gasteiger partial charge in [0.25, 0.3) is 5.56 Å². The lowest BCUT2D eigenvalue weighted by Gasteiger charge is -2.20. The van der Waals surface area contributed by atoms with E-state index in [0.717, 1.165) is 22.6 Å². The fraction of sp³-hybridized carbons (Fsp3) is 0.227. The predicted molar refractivity (Wildman–Crippen MR) is 112 cm³/mol. The zero-order chi connectivity index (χ0) is 19.7. The molecule has 4 rings (SSSR count). The number of hydrogen-bond acceptors (Lipinski definition) is 5. The molecule has 0 radical (unpaired) electrons. The molecular weight excluding hydrogens is 370 g/mol. The quantitative estimate of drug-likeness (QED) is 0.358. The number of para-hydroxylation sites is 1. The lowest BCUT2D eigenvalue weighted by Crippen LogP contribution is -2.27. The van der Waals surface area contributed by atoms with Gasteiger partial charge in [-0.1, -0.05) is 59.4 Å². The first-order valence-corrected chi connectivity index (χ1v) is 10.2. The monoisotopic (exact) mass is 391 g/mol. The van der Waals surface area contributed by atoms with E-state index in [0.29, 0.717) is 21.8 Å². The summed E-state index contributed by atoms with van der Waals surface area (Å²) < 4.78 is 7.06. The second-order valence-corrected chi connectivity index (χ2v) is 7.71. The van der Waals surface area contributed by atoms with Crippen LogP contribution in [0.25, 0.3) is 10.9 Å². The third-order valence-corrected chi connectivity index (χ3v) is 5.95. The minimum Gasteiger partial charge on any atom is -0.361 e. The molecule has 0 N–H and O–H groups in total. The Morgan fingerprint density at radius 2 is 1.79 bits per heavy atom. The highest BCUT2D eigenvalue weighted by Crippen LogP contribution is 2.29. The van der Waals surface area contributed by atoms with Crippen LogP contribution in [0, 0.1) is 13.8 Å². The average molecular weight is 391 g/mol. The molecule has 0 aliphatic heterocycles. The van der Waals surface area contributed by atoms with Gasteiger partial charge >= 0.3 is 0 Å². The number of hydrogen-bond donors (Lipinski definition) is 0. The third kappa shape index (κ3) is 3.36. The highest BCUT2D eigenvalue weighted by atomic mass is 32.2. The fourth-order valence-electron chi connectivity index (χ4n) is 3.29. The third-order valence-electron chi connectivity index (χ3n) is 4.97. The molecule has 2 heterocycles. The van der Waals surface area contributed by atoms with Gasteiger partial charge in [-0.2, -0.15) is 0 Å². The molecule has 0 saturated heterocycles. The van der Waals surface area contributed by atoms with Crippen LogP contribution in [0.5, 0.6) is 0 Å². The second-order valence-electron chi connectivity index (χ2n) is 6.76. The van der Waals surface area contributed by atoms with Crippen LogP contribution in [0.4, 0.5) is 0 Å². The van der Waals surface area contributed by atoms with Crippen LogP contribution in [-0.2, 0) is 5.75 Å². The number of aromatic nitrogens is 3. The van der Waals surface area contributed by atoms with Crippen molar-refractivity contribution in [3.63, 3.8) is 0 Å². The maximum atomic E-state index is 13.3. The summed E-state index contributed by atoms with van der Waals surface area (Å²) in [6.07, 6.45) is 0. The molecule has 0 amide bonds. The highest BCUT2D eigenvalue weighted by molar-refractivity contribution is 7.98. The Balaban J connectivity index is 1.83. The first kappa shape index (κ1) is 18.5. The van der Waals surface area contributed by atoms with E-state index in [1.807, 2.05) is 75.4 Å². The molecular formula is C22H21N3O2S. The second kappa shape index (κ2) is 7.64. The van der Waals surface area contributed by atoms with Crippen molar-refractivity contribution in [1.29, 1.82) is 0 Å². The van der Waals surface area contributed by atoms with Crippen molar-refractivity contribution in [2.24, 2.45) is 0 Å². The molecule has 4 aromatic rings. The molecule has 0 fully saturated rings. The van der Waals surface area contributed by atoms with Gasteiger partial charge < -0.3 is 4.52 Å². The Hall–Kier alpha value is -2.86. The summed E-state index contributed by atoms with van der Waals surface area (Å²) in [6, 6.07) is 17.4. The van der Waals surface area contributed by atoms with Crippen LogP contribution in [0.2, 0.25) is 0 Å². The zero-order valence-corrected chi connectivity index (χ0v) is 16.9. The van der Waals surface area contributed by atoms with E-state index in [4.69, 9.17) is 9.51 Å². The first-order chi connectivity index (χ1) is 13.6. The minimum atomic E-state index is -0.127. The molecule has 0 aliphatic rings. The number of aryl methyl sites for hydroxylation is 2. The predicted octanol–water partition coefficient (Wildman–Crippen LogP) is 4.90. The van der Waals surface area contributed by atoms with Gasteiger partial charge in [0.1, 0.15) is 5.76 Å². The molecule has 28 heavy (non-hydrogen) atoms. The number of fused-ring (bicyclic) bond motifs is 1. The summed E-state index contributed by atoms with van der Waals surface area (Å²) in [5.74, 6) is 1.45. The molecule has 0 aliphatic carbocycles. The summed E-state index contributed by atoms with van der Waals surface area (Å²) in [7, 11) is 0. The van der Waals surface area contributed by atoms with Crippen molar-refractivity contribution in [1.82, 2.24) is 14.7 Å². The molecule has 0 bridgehead atoms. The SMILES string of the molecule is Cc1noc(C)c1CSc1nc2ccccc2c(=O)n1[C@@H](C)c1ccccc1. The average Bonchev–Trinajstić information content (AvgIpc) is 3.04. The molecule has 5 nitrogen and oxygen atoms in total. The van der Waals surface area contributed by atoms with Crippen molar-refractivity contribution in [2.75, 3.05) is 0 Å². The Labute approximate surface area is 167 Å². The van der Waals surface area contributed by atoms with Crippen LogP contribution in [0.15, 0.2) is 69.1 Å². The number of benzene rings is 2. The maximum Gasteiger partial charge on any atom is 0.262 e. The van der Waals surface area contributed by atoms with E-state index in [1.165, 1.54) is 11.8 Å². The largest absolute Gasteiger partial charge is 0.361 e. The molecule has 1 atom stereocenters. The van der Waals surface area contributed by atoms with E-state index in [1.54, 1.807) is 4.57 Å². The summed E-state index contributed by atoms with van der Waals surface area (Å²) in [5, 5.41) is 5.35. The Bertz CT molecular complexity index is 1160. The van der Waals surface area contributed by atoms with Crippen molar-refractivity contribution in [2.45, 2.75) is 37.7 Å². The van der Waals surface area contributed by atoms with Crippen LogP contribution in [-0.4, -0.2) is 14.7 Å². The van der Waals surface area contributed by atoms with Gasteiger partial charge in [-0.05, 0) is 38.5 Å². The Morgan fingerprint density at radius 3 is 2.50 bits per heavy atom. The lowest BCUT2D eigenvalue weighted by atomic mass is 10.1. The first-order valence-electron chi connectivity index (χ1n) is 9.17. The topological polar surface area (TPSA) is 60.9 Å². The van der Waals surface area contributed by atoms with Crippen molar-refractivity contribution < 1.29 is 4.52 Å². The van der Waals surface area contributed by atoms with Gasteiger partial charge in [-0.25, -0.2) is 4.98 Å². The van der Waals surface area contributed by atoms with E-state index >= 15 is 0 Å². The van der Waals surface area contributed by atoms with E-state index in [9.17, 15) is 4.79 Å². The van der Waals surface area contributed by atoms with Crippen molar-refractivity contribution in [3.05, 3.63) is 87.5 Å². The number of thioether (sulfide) groups is 1. The normalized spacial score (nSPS) is 12.4. The smallest absolute Gasteiger partial charge is 0.262 e. The van der Waals surface area contributed by atoms with E-state index in [-0.39, 0.29) is 11.6 Å². The fourth-order valence-corrected chi connectivity index (χ4v) is 4.52. The van der Waals surface area contributed by atoms with Gasteiger partial charge in [-0.3, -0.25) is 9.36 Å². The van der Waals surface area contributed by atoms with Crippen molar-refractivity contribution >= 4 is 22.7 Å². The molecule has 2 aromatic heterocycles. The number of nitrogens with zero attached hydrogens (tertiary/aromatic N) is 3. The van der Waals surface area contributed by atoms with Crippen molar-refractivity contribution in [3.8, 4) is 0 Å². The summed E-state index contributed by atoms with van der Waals surface area (Å²) in [4.78, 5) is 18.2. The van der Waals surface area contributed by atoms with Gasteiger partial charge in [0.2, 0.25) is 0 Å². The van der Waals surface area contributed by atoms with Crippen LogP contribution in [0.3, 0.4) is 0 Å². The Kier molecular flexibility index (Phi) is 5.05. The molecule has 0 spiro atoms. The van der Waals surface area contributed by atoms with Crippen LogP contribution >= 0.6 is 11.8 Å². The molecule has 2 aromatic carbocycles. The van der Waals surface area contributed by atoms with Gasteiger partial charge in [0.15, 0.2) is 5.16 Å². The minimum absolute atomic E-state index is 0.0248. The van der Waals surface area contributed by atoms with Crippen LogP contribution < -0.4 is 5.56 Å².